The molecule has 0 aliphatic carbocycles. The molecule has 1 rings (SSSR count). The summed E-state index contributed by atoms with van der Waals surface area (Å²) >= 11 is 1.38. The molecule has 0 spiro atoms. The summed E-state index contributed by atoms with van der Waals surface area (Å²) in [5.41, 5.74) is -0.0349. The average molecular weight is 198 g/mol. The van der Waals surface area contributed by atoms with Crippen LogP contribution in [0.5, 0.6) is 0 Å². The Morgan fingerprint density at radius 2 is 2.38 bits per heavy atom. The molecule has 0 aliphatic rings. The Morgan fingerprint density at radius 1 is 1.77 bits per heavy atom. The van der Waals surface area contributed by atoms with E-state index in [-0.39, 0.29) is 0 Å². The van der Waals surface area contributed by atoms with Gasteiger partial charge < -0.3 is 5.11 Å². The molecule has 1 N–H and O–H groups in total. The van der Waals surface area contributed by atoms with E-state index < -0.39 is 11.4 Å². The van der Waals surface area contributed by atoms with Crippen molar-refractivity contribution in [3.63, 3.8) is 0 Å². The summed E-state index contributed by atoms with van der Waals surface area (Å²) in [4.78, 5) is 15.1. The van der Waals surface area contributed by atoms with E-state index >= 15 is 0 Å². The summed E-state index contributed by atoms with van der Waals surface area (Å²) in [6, 6.07) is 0. The van der Waals surface area contributed by atoms with Gasteiger partial charge in [-0.25, -0.2) is 4.98 Å². The number of carboxylic acid groups (broad SMARTS) is 1. The van der Waals surface area contributed by atoms with Crippen LogP contribution in [0.3, 0.4) is 0 Å². The normalized spacial score (nSPS) is 11.6. The molecule has 1 heterocycles. The van der Waals surface area contributed by atoms with Crippen molar-refractivity contribution < 1.29 is 9.90 Å². The minimum Gasteiger partial charge on any atom is -0.481 e. The molecule has 4 heteroatoms. The molecule has 0 aromatic carbocycles. The first-order valence-corrected chi connectivity index (χ1v) is 4.84. The van der Waals surface area contributed by atoms with Gasteiger partial charge >= 0.3 is 5.97 Å². The third-order valence-electron chi connectivity index (χ3n) is 1.88. The summed E-state index contributed by atoms with van der Waals surface area (Å²) in [6.45, 7) is 7.00. The first-order valence-electron chi connectivity index (χ1n) is 3.96. The zero-order valence-electron chi connectivity index (χ0n) is 7.70. The van der Waals surface area contributed by atoms with E-state index in [1.807, 2.05) is 5.38 Å². The summed E-state index contributed by atoms with van der Waals surface area (Å²) in [6.07, 6.45) is 0.603. The molecule has 3 nitrogen and oxygen atoms in total. The van der Waals surface area contributed by atoms with Gasteiger partial charge in [0.15, 0.2) is 0 Å². The second-order valence-electron chi connectivity index (χ2n) is 3.32. The van der Waals surface area contributed by atoms with Crippen molar-refractivity contribution in [1.29, 1.82) is 0 Å². The Kier molecular flexibility index (Phi) is 2.71. The first-order chi connectivity index (χ1) is 5.98. The number of hydrogen-bond acceptors (Lipinski definition) is 3. The molecule has 0 saturated carbocycles. The Morgan fingerprint density at radius 3 is 2.77 bits per heavy atom. The Balaban J connectivity index is 3.00. The molecule has 0 aliphatic heterocycles. The molecule has 1 aromatic heterocycles. The number of hydrogen-bond donors (Lipinski definition) is 1. The van der Waals surface area contributed by atoms with E-state index in [4.69, 9.17) is 5.11 Å². The highest BCUT2D eigenvalue weighted by Gasteiger charge is 2.32. The predicted octanol–water partition coefficient (Wildman–Crippen LogP) is 1.88. The molecule has 13 heavy (non-hydrogen) atoms. The lowest BCUT2D eigenvalue weighted by Gasteiger charge is -2.14. The average Bonchev–Trinajstić information content (AvgIpc) is 2.51. The van der Waals surface area contributed by atoms with E-state index in [2.05, 4.69) is 11.9 Å². The van der Waals surface area contributed by atoms with Crippen LogP contribution in [-0.4, -0.2) is 16.1 Å². The number of aromatic nitrogens is 1. The number of nitrogens with zero attached hydrogens (tertiary/aromatic N) is 1. The van der Waals surface area contributed by atoms with Gasteiger partial charge in [-0.05, 0) is 27.2 Å². The second-order valence-corrected chi connectivity index (χ2v) is 4.18. The Hall–Kier alpha value is -0.900. The van der Waals surface area contributed by atoms with Gasteiger partial charge in [0, 0.05) is 5.38 Å². The summed E-state index contributed by atoms with van der Waals surface area (Å²) in [7, 11) is 0. The molecule has 0 atom stereocenters. The number of aliphatic carboxylic acids is 1. The van der Waals surface area contributed by atoms with Crippen molar-refractivity contribution in [2.24, 2.45) is 0 Å². The fraction of sp³-hybridized carbons (Fsp3) is 0.444. The first kappa shape index (κ1) is 10.2. The molecular weight excluding hydrogens is 186 g/mol. The fourth-order valence-corrected chi connectivity index (χ4v) is 1.77. The van der Waals surface area contributed by atoms with E-state index in [0.717, 1.165) is 5.69 Å². The maximum absolute atomic E-state index is 10.9. The molecule has 0 bridgehead atoms. The van der Waals surface area contributed by atoms with Gasteiger partial charge in [-0.1, -0.05) is 0 Å². The van der Waals surface area contributed by atoms with E-state index in [0.29, 0.717) is 11.4 Å². The lowest BCUT2D eigenvalue weighted by Crippen LogP contribution is -2.28. The van der Waals surface area contributed by atoms with Gasteiger partial charge in [-0.15, -0.1) is 11.3 Å². The van der Waals surface area contributed by atoms with E-state index in [1.54, 1.807) is 13.8 Å². The van der Waals surface area contributed by atoms with Crippen molar-refractivity contribution >= 4 is 17.3 Å². The van der Waals surface area contributed by atoms with E-state index in [1.165, 1.54) is 11.3 Å². The second kappa shape index (κ2) is 3.46. The van der Waals surface area contributed by atoms with Gasteiger partial charge in [0.25, 0.3) is 0 Å². The molecule has 0 amide bonds. The number of carboxylic acids is 1. The van der Waals surface area contributed by atoms with Crippen LogP contribution in [0.1, 0.15) is 24.5 Å². The van der Waals surface area contributed by atoms with E-state index in [9.17, 15) is 4.79 Å². The highest BCUT2D eigenvalue weighted by atomic mass is 32.1. The third-order valence-corrected chi connectivity index (χ3v) is 3.09. The van der Waals surface area contributed by atoms with Crippen LogP contribution in [0.4, 0.5) is 0 Å². The van der Waals surface area contributed by atoms with Crippen molar-refractivity contribution in [1.82, 2.24) is 4.98 Å². The number of thiazole rings is 1. The van der Waals surface area contributed by atoms with Crippen LogP contribution in [-0.2, 0) is 16.6 Å². The van der Waals surface area contributed by atoms with Crippen molar-refractivity contribution in [2.45, 2.75) is 25.7 Å². The zero-order valence-corrected chi connectivity index (χ0v) is 8.52. The summed E-state index contributed by atoms with van der Waals surface area (Å²) < 4.78 is 0. The van der Waals surface area contributed by atoms with Gasteiger partial charge in [0.05, 0.1) is 5.69 Å². The zero-order chi connectivity index (χ0) is 10.1. The minimum absolute atomic E-state index is 0.603. The van der Waals surface area contributed by atoms with Crippen LogP contribution in [0.2, 0.25) is 0 Å². The maximum Gasteiger partial charge on any atom is 0.316 e. The molecule has 0 saturated heterocycles. The SMILES string of the molecule is [CH2]Cc1csc(C(C)(C)C(=O)O)n1. The van der Waals surface area contributed by atoms with Crippen LogP contribution >= 0.6 is 11.3 Å². The van der Waals surface area contributed by atoms with Crippen LogP contribution in [0.25, 0.3) is 0 Å². The van der Waals surface area contributed by atoms with Gasteiger partial charge in [-0.2, -0.15) is 0 Å². The molecule has 1 aromatic rings. The standard InChI is InChI=1S/C9H12NO2S/c1-4-6-5-13-7(10-6)9(2,3)8(11)12/h5H,1,4H2,2-3H3,(H,11,12). The minimum atomic E-state index is -0.891. The molecule has 0 unspecified atom stereocenters. The van der Waals surface area contributed by atoms with Crippen molar-refractivity contribution in [2.75, 3.05) is 0 Å². The summed E-state index contributed by atoms with van der Waals surface area (Å²) in [5.74, 6) is -0.850. The monoisotopic (exact) mass is 198 g/mol. The van der Waals surface area contributed by atoms with Crippen LogP contribution in [0, 0.1) is 6.92 Å². The molecule has 1 radical (unpaired) electrons. The van der Waals surface area contributed by atoms with Crippen molar-refractivity contribution in [3.05, 3.63) is 23.0 Å². The number of carbonyl (C=O) groups is 1. The molecule has 0 fully saturated rings. The summed E-state index contributed by atoms with van der Waals surface area (Å²) in [5, 5.41) is 11.4. The fourth-order valence-electron chi connectivity index (χ4n) is 0.800. The highest BCUT2D eigenvalue weighted by molar-refractivity contribution is 7.10. The topological polar surface area (TPSA) is 50.2 Å². The van der Waals surface area contributed by atoms with Crippen LogP contribution in [0.15, 0.2) is 5.38 Å². The quantitative estimate of drug-likeness (QED) is 0.806. The van der Waals surface area contributed by atoms with Gasteiger partial charge in [0.1, 0.15) is 10.4 Å². The lowest BCUT2D eigenvalue weighted by atomic mass is 9.95. The van der Waals surface area contributed by atoms with Gasteiger partial charge in [-0.3, -0.25) is 4.79 Å². The molecular formula is C9H12NO2S. The third kappa shape index (κ3) is 1.88. The van der Waals surface area contributed by atoms with Gasteiger partial charge in [0.2, 0.25) is 0 Å². The lowest BCUT2D eigenvalue weighted by molar-refractivity contribution is -0.142. The highest BCUT2D eigenvalue weighted by Crippen LogP contribution is 2.26. The number of rotatable bonds is 3. The smallest absolute Gasteiger partial charge is 0.316 e. The van der Waals surface area contributed by atoms with Crippen LogP contribution < -0.4 is 0 Å². The maximum atomic E-state index is 10.9. The van der Waals surface area contributed by atoms with Crippen molar-refractivity contribution in [3.8, 4) is 0 Å². The molecule has 71 valence electrons. The largest absolute Gasteiger partial charge is 0.481 e. The Labute approximate surface area is 81.4 Å². The Bertz CT molecular complexity index is 317. The predicted molar refractivity (Wildman–Crippen MR) is 51.8 cm³/mol.